The van der Waals surface area contributed by atoms with Gasteiger partial charge >= 0.3 is 0 Å². The number of aliphatic hydroxyl groups is 3. The minimum atomic E-state index is -1.15. The normalized spacial score (nSPS) is 13.6. The summed E-state index contributed by atoms with van der Waals surface area (Å²) in [4.78, 5) is 12.4. The van der Waals surface area contributed by atoms with Crippen molar-refractivity contribution in [1.82, 2.24) is 5.32 Å². The molecule has 3 atom stereocenters. The highest BCUT2D eigenvalue weighted by Crippen LogP contribution is 2.16. The average molecular weight is 708 g/mol. The van der Waals surface area contributed by atoms with Crippen molar-refractivity contribution in [3.63, 3.8) is 0 Å². The van der Waals surface area contributed by atoms with E-state index in [9.17, 15) is 20.1 Å². The molecule has 5 nitrogen and oxygen atoms in total. The van der Waals surface area contributed by atoms with E-state index in [0.717, 1.165) is 38.5 Å². The largest absolute Gasteiger partial charge is 0.394 e. The number of rotatable bonds is 41. The summed E-state index contributed by atoms with van der Waals surface area (Å²) in [7, 11) is 0. The monoisotopic (exact) mass is 708 g/mol. The van der Waals surface area contributed by atoms with E-state index < -0.39 is 18.2 Å². The highest BCUT2D eigenvalue weighted by Gasteiger charge is 2.26. The van der Waals surface area contributed by atoms with E-state index in [4.69, 9.17) is 0 Å². The summed E-state index contributed by atoms with van der Waals surface area (Å²) >= 11 is 0. The van der Waals surface area contributed by atoms with Crippen LogP contribution < -0.4 is 5.32 Å². The number of unbranched alkanes of at least 4 members (excludes halogenated alkanes) is 31. The molecule has 0 spiro atoms. The van der Waals surface area contributed by atoms with Crippen molar-refractivity contribution >= 4 is 5.91 Å². The second-order valence-electron chi connectivity index (χ2n) is 15.6. The van der Waals surface area contributed by atoms with Gasteiger partial charge in [0.15, 0.2) is 0 Å². The van der Waals surface area contributed by atoms with Crippen LogP contribution in [0.5, 0.6) is 0 Å². The van der Waals surface area contributed by atoms with E-state index in [1.165, 1.54) is 180 Å². The van der Waals surface area contributed by atoms with Crippen LogP contribution in [0.3, 0.4) is 0 Å². The molecule has 0 rings (SSSR count). The van der Waals surface area contributed by atoms with Crippen LogP contribution in [0.4, 0.5) is 0 Å². The highest BCUT2D eigenvalue weighted by molar-refractivity contribution is 5.76. The Morgan fingerprint density at radius 3 is 1.16 bits per heavy atom. The lowest BCUT2D eigenvalue weighted by atomic mass is 10.0. The molecule has 0 saturated heterocycles. The molecule has 0 fully saturated rings. The summed E-state index contributed by atoms with van der Waals surface area (Å²) in [6, 6.07) is -0.820. The quantitative estimate of drug-likeness (QED) is 0.0376. The Labute approximate surface area is 312 Å². The van der Waals surface area contributed by atoms with Gasteiger partial charge in [0.2, 0.25) is 5.91 Å². The van der Waals surface area contributed by atoms with Gasteiger partial charge in [0.25, 0.3) is 0 Å². The minimum absolute atomic E-state index is 0.150. The molecule has 298 valence electrons. The SMILES string of the molecule is CCCCCCCCCC/C=C/CCCC(O)C(O)C(CO)NC(=O)CCCCCCCCCCCCCCCCCCCCCCCCC. The molecule has 0 aromatic rings. The molecule has 3 unspecified atom stereocenters. The first kappa shape index (κ1) is 49.1. The van der Waals surface area contributed by atoms with E-state index in [1.807, 2.05) is 0 Å². The van der Waals surface area contributed by atoms with Crippen molar-refractivity contribution < 1.29 is 20.1 Å². The van der Waals surface area contributed by atoms with Gasteiger partial charge in [-0.05, 0) is 38.5 Å². The van der Waals surface area contributed by atoms with Gasteiger partial charge < -0.3 is 20.6 Å². The maximum absolute atomic E-state index is 12.4. The van der Waals surface area contributed by atoms with Crippen LogP contribution in [0.2, 0.25) is 0 Å². The molecule has 1 amide bonds. The lowest BCUT2D eigenvalue weighted by molar-refractivity contribution is -0.124. The third kappa shape index (κ3) is 35.5. The smallest absolute Gasteiger partial charge is 0.220 e. The summed E-state index contributed by atoms with van der Waals surface area (Å²) in [6.07, 6.45) is 47.6. The van der Waals surface area contributed by atoms with Gasteiger partial charge in [-0.15, -0.1) is 0 Å². The average Bonchev–Trinajstić information content (AvgIpc) is 3.12. The summed E-state index contributed by atoms with van der Waals surface area (Å²) in [5.41, 5.74) is 0. The molecular formula is C45H89NO4. The predicted octanol–water partition coefficient (Wildman–Crippen LogP) is 12.8. The molecule has 4 N–H and O–H groups in total. The molecule has 50 heavy (non-hydrogen) atoms. The molecule has 0 bridgehead atoms. The number of hydrogen-bond donors (Lipinski definition) is 4. The van der Waals surface area contributed by atoms with Gasteiger partial charge in [0.1, 0.15) is 6.10 Å². The predicted molar refractivity (Wildman–Crippen MR) is 218 cm³/mol. The minimum Gasteiger partial charge on any atom is -0.394 e. The van der Waals surface area contributed by atoms with E-state index in [2.05, 4.69) is 31.3 Å². The fourth-order valence-corrected chi connectivity index (χ4v) is 7.10. The van der Waals surface area contributed by atoms with Gasteiger partial charge in [0, 0.05) is 6.42 Å². The topological polar surface area (TPSA) is 89.8 Å². The lowest BCUT2D eigenvalue weighted by Gasteiger charge is -2.26. The van der Waals surface area contributed by atoms with E-state index in [-0.39, 0.29) is 12.5 Å². The maximum atomic E-state index is 12.4. The van der Waals surface area contributed by atoms with Crippen LogP contribution in [-0.2, 0) is 4.79 Å². The molecule has 5 heteroatoms. The Hall–Kier alpha value is -0.910. The third-order valence-electron chi connectivity index (χ3n) is 10.6. The number of hydrogen-bond acceptors (Lipinski definition) is 4. The van der Waals surface area contributed by atoms with Gasteiger partial charge in [-0.3, -0.25) is 4.79 Å². The molecule has 0 aromatic heterocycles. The van der Waals surface area contributed by atoms with Gasteiger partial charge in [0.05, 0.1) is 18.8 Å². The second kappa shape index (κ2) is 40.9. The van der Waals surface area contributed by atoms with Crippen molar-refractivity contribution in [3.05, 3.63) is 12.2 Å². The molecule has 0 aliphatic rings. The number of nitrogens with one attached hydrogen (secondary N) is 1. The van der Waals surface area contributed by atoms with Gasteiger partial charge in [-0.1, -0.05) is 212 Å². The van der Waals surface area contributed by atoms with E-state index in [0.29, 0.717) is 12.8 Å². The molecule has 0 aliphatic carbocycles. The van der Waals surface area contributed by atoms with Crippen molar-refractivity contribution in [2.45, 2.75) is 263 Å². The van der Waals surface area contributed by atoms with Crippen molar-refractivity contribution in [1.29, 1.82) is 0 Å². The van der Waals surface area contributed by atoms with Crippen LogP contribution in [0.25, 0.3) is 0 Å². The molecular weight excluding hydrogens is 618 g/mol. The summed E-state index contributed by atoms with van der Waals surface area (Å²) in [5.74, 6) is -0.150. The first-order chi connectivity index (χ1) is 24.6. The zero-order valence-corrected chi connectivity index (χ0v) is 33.8. The first-order valence-electron chi connectivity index (χ1n) is 22.5. The Morgan fingerprint density at radius 2 is 0.800 bits per heavy atom. The van der Waals surface area contributed by atoms with Crippen LogP contribution in [0, 0.1) is 0 Å². The Balaban J connectivity index is 3.57. The second-order valence-corrected chi connectivity index (χ2v) is 15.6. The lowest BCUT2D eigenvalue weighted by Crippen LogP contribution is -2.50. The highest BCUT2D eigenvalue weighted by atomic mass is 16.3. The van der Waals surface area contributed by atoms with Crippen molar-refractivity contribution in [2.24, 2.45) is 0 Å². The number of allylic oxidation sites excluding steroid dienone is 2. The number of carbonyl (C=O) groups is 1. The fraction of sp³-hybridized carbons (Fsp3) is 0.933. The van der Waals surface area contributed by atoms with Gasteiger partial charge in [-0.2, -0.15) is 0 Å². The van der Waals surface area contributed by atoms with Crippen LogP contribution in [-0.4, -0.2) is 46.1 Å². The zero-order chi connectivity index (χ0) is 36.6. The molecule has 0 aliphatic heterocycles. The number of carbonyl (C=O) groups excluding carboxylic acids is 1. The molecule has 0 heterocycles. The van der Waals surface area contributed by atoms with Gasteiger partial charge in [-0.25, -0.2) is 0 Å². The van der Waals surface area contributed by atoms with Crippen LogP contribution in [0.15, 0.2) is 12.2 Å². The Morgan fingerprint density at radius 1 is 0.480 bits per heavy atom. The number of aliphatic hydroxyl groups excluding tert-OH is 3. The summed E-state index contributed by atoms with van der Waals surface area (Å²) in [5, 5.41) is 33.5. The third-order valence-corrected chi connectivity index (χ3v) is 10.6. The van der Waals surface area contributed by atoms with Crippen LogP contribution in [0.1, 0.15) is 245 Å². The Bertz CT molecular complexity index is 699. The zero-order valence-electron chi connectivity index (χ0n) is 33.8. The molecule has 0 radical (unpaired) electrons. The van der Waals surface area contributed by atoms with E-state index in [1.54, 1.807) is 0 Å². The first-order valence-corrected chi connectivity index (χ1v) is 22.5. The molecule has 0 aromatic carbocycles. The maximum Gasteiger partial charge on any atom is 0.220 e. The Kier molecular flexibility index (Phi) is 40.1. The molecule has 0 saturated carbocycles. The fourth-order valence-electron chi connectivity index (χ4n) is 7.10. The van der Waals surface area contributed by atoms with Crippen molar-refractivity contribution in [3.8, 4) is 0 Å². The van der Waals surface area contributed by atoms with Crippen LogP contribution >= 0.6 is 0 Å². The number of amides is 1. The van der Waals surface area contributed by atoms with Crippen molar-refractivity contribution in [2.75, 3.05) is 6.61 Å². The van der Waals surface area contributed by atoms with E-state index >= 15 is 0 Å². The standard InChI is InChI=1S/C45H89NO4/c1-3-5-7-9-11-13-15-17-18-19-20-21-22-23-24-25-26-28-30-32-34-36-38-40-44(49)46-42(41-47)45(50)43(48)39-37-35-33-31-29-27-16-14-12-10-8-6-4-2/h31,33,42-43,45,47-48,50H,3-30,32,34-41H2,1-2H3,(H,46,49)/b33-31+. The summed E-state index contributed by atoms with van der Waals surface area (Å²) < 4.78 is 0. The summed E-state index contributed by atoms with van der Waals surface area (Å²) in [6.45, 7) is 4.17.